The first kappa shape index (κ1) is 17.8. The van der Waals surface area contributed by atoms with Gasteiger partial charge in [-0.2, -0.15) is 0 Å². The third-order valence-corrected chi connectivity index (χ3v) is 3.43. The number of aromatic nitrogens is 1. The zero-order valence-electron chi connectivity index (χ0n) is 11.7. The molecule has 0 aliphatic carbocycles. The van der Waals surface area contributed by atoms with Crippen LogP contribution in [-0.4, -0.2) is 24.2 Å². The number of nitrogens with zero attached hydrogens (tertiary/aromatic N) is 1. The molecule has 2 heterocycles. The molecular formula is C16H20Cl2N2O. The second kappa shape index (κ2) is 8.88. The van der Waals surface area contributed by atoms with Crippen molar-refractivity contribution in [1.82, 2.24) is 10.3 Å². The van der Waals surface area contributed by atoms with Crippen LogP contribution < -0.4 is 10.1 Å². The fraction of sp³-hybridized carbons (Fsp3) is 0.312. The zero-order chi connectivity index (χ0) is 12.9. The van der Waals surface area contributed by atoms with E-state index in [1.54, 1.807) is 6.20 Å². The molecule has 1 aliphatic rings. The minimum atomic E-state index is 0. The smallest absolute Gasteiger partial charge is 0.138 e. The highest BCUT2D eigenvalue weighted by molar-refractivity contribution is 5.85. The molecule has 1 atom stereocenters. The van der Waals surface area contributed by atoms with Crippen molar-refractivity contribution in [3.63, 3.8) is 0 Å². The molecule has 1 aliphatic heterocycles. The molecule has 0 spiro atoms. The molecule has 1 N–H and O–H groups in total. The van der Waals surface area contributed by atoms with Gasteiger partial charge in [-0.3, -0.25) is 4.98 Å². The van der Waals surface area contributed by atoms with Crippen molar-refractivity contribution < 1.29 is 4.74 Å². The Balaban J connectivity index is 0.00000110. The fourth-order valence-corrected chi connectivity index (χ4v) is 2.38. The third-order valence-electron chi connectivity index (χ3n) is 3.43. The van der Waals surface area contributed by atoms with Gasteiger partial charge in [0, 0.05) is 17.8 Å². The van der Waals surface area contributed by atoms with Crippen LogP contribution in [0.1, 0.15) is 12.8 Å². The van der Waals surface area contributed by atoms with Gasteiger partial charge in [-0.05, 0) is 31.0 Å². The molecule has 3 rings (SSSR count). The molecule has 0 saturated carbocycles. The topological polar surface area (TPSA) is 34.1 Å². The van der Waals surface area contributed by atoms with E-state index in [0.29, 0.717) is 6.04 Å². The molecule has 1 saturated heterocycles. The summed E-state index contributed by atoms with van der Waals surface area (Å²) in [6.45, 7) is 1.83. The van der Waals surface area contributed by atoms with Gasteiger partial charge < -0.3 is 10.1 Å². The van der Waals surface area contributed by atoms with E-state index in [1.165, 1.54) is 18.4 Å². The molecule has 0 amide bonds. The Labute approximate surface area is 137 Å². The molecule has 3 nitrogen and oxygen atoms in total. The van der Waals surface area contributed by atoms with E-state index in [0.717, 1.165) is 24.5 Å². The minimum absolute atomic E-state index is 0. The monoisotopic (exact) mass is 326 g/mol. The third kappa shape index (κ3) is 4.88. The molecular weight excluding hydrogens is 307 g/mol. The maximum absolute atomic E-state index is 5.83. The van der Waals surface area contributed by atoms with Crippen molar-refractivity contribution in [2.45, 2.75) is 18.9 Å². The van der Waals surface area contributed by atoms with Crippen molar-refractivity contribution in [3.8, 4) is 16.9 Å². The quantitative estimate of drug-likeness (QED) is 0.929. The normalized spacial score (nSPS) is 16.7. The lowest BCUT2D eigenvalue weighted by molar-refractivity contribution is 0.276. The number of halogens is 2. The lowest BCUT2D eigenvalue weighted by atomic mass is 10.1. The van der Waals surface area contributed by atoms with Crippen LogP contribution in [0.2, 0.25) is 0 Å². The number of rotatable bonds is 4. The number of benzene rings is 1. The van der Waals surface area contributed by atoms with Crippen LogP contribution in [0.4, 0.5) is 0 Å². The van der Waals surface area contributed by atoms with Crippen LogP contribution in [0.15, 0.2) is 48.8 Å². The van der Waals surface area contributed by atoms with Crippen LogP contribution in [0.5, 0.6) is 5.75 Å². The van der Waals surface area contributed by atoms with Crippen molar-refractivity contribution in [2.75, 3.05) is 13.2 Å². The largest absolute Gasteiger partial charge is 0.490 e. The highest BCUT2D eigenvalue weighted by Gasteiger charge is 2.14. The molecule has 21 heavy (non-hydrogen) atoms. The van der Waals surface area contributed by atoms with Crippen LogP contribution in [0, 0.1) is 0 Å². The van der Waals surface area contributed by atoms with E-state index in [9.17, 15) is 0 Å². The minimum Gasteiger partial charge on any atom is -0.490 e. The van der Waals surface area contributed by atoms with Gasteiger partial charge in [-0.15, -0.1) is 24.8 Å². The van der Waals surface area contributed by atoms with Crippen molar-refractivity contribution in [1.29, 1.82) is 0 Å². The highest BCUT2D eigenvalue weighted by Crippen LogP contribution is 2.22. The summed E-state index contributed by atoms with van der Waals surface area (Å²) in [4.78, 5) is 4.26. The Hall–Kier alpha value is -1.29. The molecule has 1 aromatic heterocycles. The van der Waals surface area contributed by atoms with E-state index in [-0.39, 0.29) is 24.8 Å². The summed E-state index contributed by atoms with van der Waals surface area (Å²) in [6.07, 6.45) is 6.10. The number of pyridine rings is 1. The van der Waals surface area contributed by atoms with Crippen LogP contribution >= 0.6 is 24.8 Å². The average molecular weight is 327 g/mol. The highest BCUT2D eigenvalue weighted by atomic mass is 35.5. The Morgan fingerprint density at radius 3 is 2.62 bits per heavy atom. The van der Waals surface area contributed by atoms with Crippen molar-refractivity contribution in [3.05, 3.63) is 48.8 Å². The van der Waals surface area contributed by atoms with Gasteiger partial charge in [-0.25, -0.2) is 0 Å². The number of nitrogens with one attached hydrogen (secondary N) is 1. The maximum Gasteiger partial charge on any atom is 0.138 e. The Morgan fingerprint density at radius 1 is 1.10 bits per heavy atom. The predicted octanol–water partition coefficient (Wildman–Crippen LogP) is 3.72. The summed E-state index contributed by atoms with van der Waals surface area (Å²) in [5.41, 5.74) is 2.26. The molecule has 1 fully saturated rings. The number of hydrogen-bond acceptors (Lipinski definition) is 3. The zero-order valence-corrected chi connectivity index (χ0v) is 13.3. The van der Waals surface area contributed by atoms with Crippen LogP contribution in [-0.2, 0) is 0 Å². The lowest BCUT2D eigenvalue weighted by Crippen LogP contribution is -2.28. The first-order valence-electron chi connectivity index (χ1n) is 6.78. The first-order chi connectivity index (χ1) is 9.42. The molecule has 0 unspecified atom stereocenters. The van der Waals surface area contributed by atoms with Gasteiger partial charge in [-0.1, -0.05) is 30.3 Å². The Bertz CT molecular complexity index is 531. The van der Waals surface area contributed by atoms with Gasteiger partial charge in [0.15, 0.2) is 0 Å². The molecule has 1 aromatic carbocycles. The van der Waals surface area contributed by atoms with Crippen molar-refractivity contribution >= 4 is 24.8 Å². The molecule has 0 radical (unpaired) electrons. The van der Waals surface area contributed by atoms with E-state index in [4.69, 9.17) is 4.74 Å². The summed E-state index contributed by atoms with van der Waals surface area (Å²) in [5, 5.41) is 3.43. The molecule has 114 valence electrons. The predicted molar refractivity (Wildman–Crippen MR) is 90.7 cm³/mol. The number of hydrogen-bond donors (Lipinski definition) is 1. The average Bonchev–Trinajstić information content (AvgIpc) is 3.00. The summed E-state index contributed by atoms with van der Waals surface area (Å²) in [6, 6.07) is 12.8. The van der Waals surface area contributed by atoms with Gasteiger partial charge in [0.1, 0.15) is 12.4 Å². The van der Waals surface area contributed by atoms with Crippen LogP contribution in [0.25, 0.3) is 11.1 Å². The second-order valence-corrected chi connectivity index (χ2v) is 4.88. The molecule has 5 heteroatoms. The summed E-state index contributed by atoms with van der Waals surface area (Å²) in [7, 11) is 0. The fourth-order valence-electron chi connectivity index (χ4n) is 2.38. The second-order valence-electron chi connectivity index (χ2n) is 4.88. The van der Waals surface area contributed by atoms with Crippen molar-refractivity contribution in [2.24, 2.45) is 0 Å². The lowest BCUT2D eigenvalue weighted by Gasteiger charge is -2.12. The Morgan fingerprint density at radius 2 is 1.90 bits per heavy atom. The van der Waals surface area contributed by atoms with E-state index in [2.05, 4.69) is 28.5 Å². The maximum atomic E-state index is 5.83. The van der Waals surface area contributed by atoms with E-state index in [1.807, 2.05) is 24.4 Å². The summed E-state index contributed by atoms with van der Waals surface area (Å²) in [5.74, 6) is 0.843. The summed E-state index contributed by atoms with van der Waals surface area (Å²) < 4.78 is 5.83. The first-order valence-corrected chi connectivity index (χ1v) is 6.78. The van der Waals surface area contributed by atoms with Gasteiger partial charge in [0.25, 0.3) is 0 Å². The van der Waals surface area contributed by atoms with E-state index < -0.39 is 0 Å². The summed E-state index contributed by atoms with van der Waals surface area (Å²) >= 11 is 0. The SMILES string of the molecule is Cl.Cl.c1ccc(-c2cncc(OC[C@@H]3CCCN3)c2)cc1. The van der Waals surface area contributed by atoms with Gasteiger partial charge in [0.2, 0.25) is 0 Å². The van der Waals surface area contributed by atoms with Gasteiger partial charge in [0.05, 0.1) is 6.20 Å². The van der Waals surface area contributed by atoms with Crippen LogP contribution in [0.3, 0.4) is 0 Å². The standard InChI is InChI=1S/C16H18N2O.2ClH/c1-2-5-13(6-3-1)14-9-16(11-17-10-14)19-12-15-7-4-8-18-15;;/h1-3,5-6,9-11,15,18H,4,7-8,12H2;2*1H/t15-;;/m0../s1. The van der Waals surface area contributed by atoms with E-state index >= 15 is 0 Å². The Kier molecular flexibility index (Phi) is 7.51. The molecule has 0 bridgehead atoms. The number of ether oxygens (including phenoxy) is 1. The molecule has 2 aromatic rings. The van der Waals surface area contributed by atoms with Gasteiger partial charge >= 0.3 is 0 Å².